The molecule has 5 nitrogen and oxygen atoms in total. The second-order valence-corrected chi connectivity index (χ2v) is 5.81. The molecule has 0 aliphatic carbocycles. The Morgan fingerprint density at radius 2 is 1.65 bits per heavy atom. The average Bonchev–Trinajstić information content (AvgIpc) is 2.69. The third kappa shape index (κ3) is 3.47. The molecule has 0 saturated heterocycles. The lowest BCUT2D eigenvalue weighted by Gasteiger charge is -2.19. The molecule has 3 aromatic rings. The van der Waals surface area contributed by atoms with Gasteiger partial charge in [0.25, 0.3) is 5.91 Å². The highest BCUT2D eigenvalue weighted by atomic mass is 16.5. The number of carbonyl (C=O) groups excluding carboxylic acids is 1. The third-order valence-corrected chi connectivity index (χ3v) is 4.25. The van der Waals surface area contributed by atoms with Crippen LogP contribution in [0.3, 0.4) is 0 Å². The van der Waals surface area contributed by atoms with Crippen molar-refractivity contribution in [3.05, 3.63) is 64.8 Å². The number of para-hydroxylation sites is 1. The van der Waals surface area contributed by atoms with Crippen molar-refractivity contribution in [2.24, 2.45) is 0 Å². The molecule has 0 spiro atoms. The number of nitrogens with zero attached hydrogens (tertiary/aromatic N) is 1. The van der Waals surface area contributed by atoms with Crippen molar-refractivity contribution in [3.63, 3.8) is 0 Å². The number of amides is 1. The lowest BCUT2D eigenvalue weighted by Crippen LogP contribution is -2.35. The Labute approximate surface area is 151 Å². The molecule has 1 heterocycles. The van der Waals surface area contributed by atoms with Crippen molar-refractivity contribution in [1.82, 2.24) is 4.90 Å². The van der Waals surface area contributed by atoms with Crippen molar-refractivity contribution in [2.75, 3.05) is 19.7 Å². The summed E-state index contributed by atoms with van der Waals surface area (Å²) in [5.74, 6) is 0.235. The summed E-state index contributed by atoms with van der Waals surface area (Å²) < 4.78 is 11.6. The highest BCUT2D eigenvalue weighted by Crippen LogP contribution is 2.30. The third-order valence-electron chi connectivity index (χ3n) is 4.25. The Bertz CT molecular complexity index is 959. The molecule has 134 valence electrons. The zero-order valence-corrected chi connectivity index (χ0v) is 14.9. The van der Waals surface area contributed by atoms with Gasteiger partial charge in [0.1, 0.15) is 5.58 Å². The Morgan fingerprint density at radius 1 is 1.00 bits per heavy atom. The second kappa shape index (κ2) is 7.87. The van der Waals surface area contributed by atoms with E-state index in [1.165, 1.54) is 0 Å². The van der Waals surface area contributed by atoms with E-state index in [0.29, 0.717) is 29.8 Å². The topological polar surface area (TPSA) is 59.8 Å². The number of carbonyl (C=O) groups is 1. The molecule has 0 fully saturated rings. The number of rotatable bonds is 6. The molecule has 1 amide bonds. The van der Waals surface area contributed by atoms with Crippen LogP contribution in [0.2, 0.25) is 0 Å². The van der Waals surface area contributed by atoms with Crippen molar-refractivity contribution >= 4 is 16.9 Å². The smallest absolute Gasteiger partial charge is 0.260 e. The van der Waals surface area contributed by atoms with E-state index in [1.54, 1.807) is 23.1 Å². The largest absolute Gasteiger partial charge is 0.476 e. The van der Waals surface area contributed by atoms with Gasteiger partial charge in [-0.2, -0.15) is 0 Å². The predicted octanol–water partition coefficient (Wildman–Crippen LogP) is 3.71. The molecular formula is C21H21NO4. The molecule has 0 unspecified atom stereocenters. The van der Waals surface area contributed by atoms with E-state index in [0.717, 1.165) is 5.56 Å². The minimum Gasteiger partial charge on any atom is -0.476 e. The lowest BCUT2D eigenvalue weighted by molar-refractivity contribution is -0.132. The lowest BCUT2D eigenvalue weighted by atomic mass is 10.1. The molecular weight excluding hydrogens is 330 g/mol. The van der Waals surface area contributed by atoms with E-state index in [9.17, 15) is 9.59 Å². The minimum absolute atomic E-state index is 0.0652. The molecule has 0 radical (unpaired) electrons. The summed E-state index contributed by atoms with van der Waals surface area (Å²) in [4.78, 5) is 26.9. The number of likely N-dealkylation sites (N-methyl/N-ethyl adjacent to an activating group) is 1. The average molecular weight is 351 g/mol. The Hall–Kier alpha value is -3.08. The molecule has 0 saturated carbocycles. The number of ether oxygens (including phenoxy) is 1. The van der Waals surface area contributed by atoms with E-state index >= 15 is 0 Å². The van der Waals surface area contributed by atoms with Gasteiger partial charge in [-0.3, -0.25) is 9.59 Å². The first-order chi connectivity index (χ1) is 12.7. The quantitative estimate of drug-likeness (QED) is 0.679. The van der Waals surface area contributed by atoms with Gasteiger partial charge in [-0.05, 0) is 26.0 Å². The summed E-state index contributed by atoms with van der Waals surface area (Å²) in [7, 11) is 0. The van der Waals surface area contributed by atoms with Gasteiger partial charge in [0.15, 0.2) is 12.4 Å². The molecule has 1 aromatic heterocycles. The van der Waals surface area contributed by atoms with Gasteiger partial charge in [-0.25, -0.2) is 0 Å². The first kappa shape index (κ1) is 17.7. The van der Waals surface area contributed by atoms with E-state index in [-0.39, 0.29) is 23.7 Å². The van der Waals surface area contributed by atoms with Crippen LogP contribution in [0.25, 0.3) is 22.3 Å². The first-order valence-corrected chi connectivity index (χ1v) is 8.67. The summed E-state index contributed by atoms with van der Waals surface area (Å²) in [6.07, 6.45) is 0. The van der Waals surface area contributed by atoms with Crippen LogP contribution in [0.15, 0.2) is 63.8 Å². The standard InChI is InChI=1S/C21H21NO4/c1-3-22(4-2)18(23)14-25-21-19(24)16-12-8-9-13-17(16)26-20(21)15-10-6-5-7-11-15/h5-13H,3-4,14H2,1-2H3. The molecule has 0 bridgehead atoms. The van der Waals surface area contributed by atoms with Crippen molar-refractivity contribution in [1.29, 1.82) is 0 Å². The molecule has 2 aromatic carbocycles. The van der Waals surface area contributed by atoms with Gasteiger partial charge in [0, 0.05) is 18.7 Å². The number of hydrogen-bond acceptors (Lipinski definition) is 4. The van der Waals surface area contributed by atoms with E-state index < -0.39 is 0 Å². The molecule has 0 N–H and O–H groups in total. The maximum Gasteiger partial charge on any atom is 0.260 e. The summed E-state index contributed by atoms with van der Waals surface area (Å²) in [6.45, 7) is 4.79. The van der Waals surface area contributed by atoms with Crippen molar-refractivity contribution in [3.8, 4) is 17.1 Å². The van der Waals surface area contributed by atoms with Crippen LogP contribution in [0.5, 0.6) is 5.75 Å². The van der Waals surface area contributed by atoms with Crippen LogP contribution < -0.4 is 10.2 Å². The number of fused-ring (bicyclic) bond motifs is 1. The van der Waals surface area contributed by atoms with E-state index in [4.69, 9.17) is 9.15 Å². The molecule has 0 aliphatic rings. The molecule has 26 heavy (non-hydrogen) atoms. The van der Waals surface area contributed by atoms with Crippen molar-refractivity contribution in [2.45, 2.75) is 13.8 Å². The van der Waals surface area contributed by atoms with Gasteiger partial charge >= 0.3 is 0 Å². The molecule has 5 heteroatoms. The maximum absolute atomic E-state index is 12.9. The molecule has 0 aliphatic heterocycles. The van der Waals surface area contributed by atoms with Crippen LogP contribution in [-0.2, 0) is 4.79 Å². The van der Waals surface area contributed by atoms with Gasteiger partial charge in [-0.15, -0.1) is 0 Å². The highest BCUT2D eigenvalue weighted by Gasteiger charge is 2.19. The van der Waals surface area contributed by atoms with Gasteiger partial charge < -0.3 is 14.1 Å². The van der Waals surface area contributed by atoms with Crippen LogP contribution in [0.1, 0.15) is 13.8 Å². The SMILES string of the molecule is CCN(CC)C(=O)COc1c(-c2ccccc2)oc2ccccc2c1=O. The summed E-state index contributed by atoms with van der Waals surface area (Å²) >= 11 is 0. The number of hydrogen-bond donors (Lipinski definition) is 0. The van der Waals surface area contributed by atoms with Gasteiger partial charge in [0.2, 0.25) is 11.2 Å². The van der Waals surface area contributed by atoms with Gasteiger partial charge in [-0.1, -0.05) is 42.5 Å². The zero-order chi connectivity index (χ0) is 18.5. The Balaban J connectivity index is 2.06. The second-order valence-electron chi connectivity index (χ2n) is 5.81. The Morgan fingerprint density at radius 3 is 2.35 bits per heavy atom. The maximum atomic E-state index is 12.9. The van der Waals surface area contributed by atoms with Crippen LogP contribution in [0.4, 0.5) is 0 Å². The number of benzene rings is 2. The predicted molar refractivity (Wildman–Crippen MR) is 101 cm³/mol. The normalized spacial score (nSPS) is 10.7. The fraction of sp³-hybridized carbons (Fsp3) is 0.238. The summed E-state index contributed by atoms with van der Waals surface area (Å²) in [6, 6.07) is 16.3. The molecule has 0 atom stereocenters. The van der Waals surface area contributed by atoms with Crippen LogP contribution in [-0.4, -0.2) is 30.5 Å². The first-order valence-electron chi connectivity index (χ1n) is 8.67. The van der Waals surface area contributed by atoms with Crippen LogP contribution >= 0.6 is 0 Å². The van der Waals surface area contributed by atoms with E-state index in [1.807, 2.05) is 50.2 Å². The Kier molecular flexibility index (Phi) is 5.37. The van der Waals surface area contributed by atoms with Crippen LogP contribution in [0, 0.1) is 0 Å². The highest BCUT2D eigenvalue weighted by molar-refractivity contribution is 5.82. The fourth-order valence-electron chi connectivity index (χ4n) is 2.84. The molecule has 3 rings (SSSR count). The summed E-state index contributed by atoms with van der Waals surface area (Å²) in [5, 5.41) is 0.428. The fourth-order valence-corrected chi connectivity index (χ4v) is 2.84. The van der Waals surface area contributed by atoms with Gasteiger partial charge in [0.05, 0.1) is 5.39 Å². The van der Waals surface area contributed by atoms with Crippen molar-refractivity contribution < 1.29 is 13.9 Å². The zero-order valence-electron chi connectivity index (χ0n) is 14.9. The summed E-state index contributed by atoms with van der Waals surface area (Å²) in [5.41, 5.74) is 0.928. The monoisotopic (exact) mass is 351 g/mol. The van der Waals surface area contributed by atoms with E-state index in [2.05, 4.69) is 0 Å². The minimum atomic E-state index is -0.280.